The van der Waals surface area contributed by atoms with Crippen LogP contribution in [0.1, 0.15) is 30.0 Å². The third-order valence-electron chi connectivity index (χ3n) is 3.92. The van der Waals surface area contributed by atoms with Gasteiger partial charge in [0.05, 0.1) is 10.7 Å². The highest BCUT2D eigenvalue weighted by Gasteiger charge is 2.28. The minimum Gasteiger partial charge on any atom is -0.335 e. The zero-order valence-electron chi connectivity index (χ0n) is 13.3. The Hall–Kier alpha value is -0.920. The molecule has 0 saturated carbocycles. The number of rotatable bonds is 5. The van der Waals surface area contributed by atoms with Gasteiger partial charge in [0.25, 0.3) is 5.91 Å². The zero-order chi connectivity index (χ0) is 16.3. The molecule has 0 radical (unpaired) electrons. The van der Waals surface area contributed by atoms with Crippen LogP contribution >= 0.6 is 11.6 Å². The number of amides is 1. The number of aromatic nitrogens is 2. The lowest BCUT2D eigenvalue weighted by atomic mass is 10.3. The standard InChI is InChI=1S/C14H23ClN4O2S/c1-4-17(3)10-11-12(15)13(16-19(11)5-2)14(20)18-6-8-22(21)9-7-18/h4-10H2,1-3H3. The van der Waals surface area contributed by atoms with Crippen LogP contribution < -0.4 is 0 Å². The maximum Gasteiger partial charge on any atom is 0.275 e. The van der Waals surface area contributed by atoms with Crippen LogP contribution in [-0.2, 0) is 23.9 Å². The highest BCUT2D eigenvalue weighted by molar-refractivity contribution is 7.85. The van der Waals surface area contributed by atoms with Gasteiger partial charge < -0.3 is 9.80 Å². The molecule has 2 heterocycles. The Labute approximate surface area is 138 Å². The van der Waals surface area contributed by atoms with Gasteiger partial charge in [-0.25, -0.2) is 0 Å². The first kappa shape index (κ1) is 17.4. The minimum atomic E-state index is -0.808. The van der Waals surface area contributed by atoms with Crippen LogP contribution in [0.3, 0.4) is 0 Å². The molecule has 0 unspecified atom stereocenters. The minimum absolute atomic E-state index is 0.158. The summed E-state index contributed by atoms with van der Waals surface area (Å²) in [4.78, 5) is 16.4. The third kappa shape index (κ3) is 3.70. The van der Waals surface area contributed by atoms with Crippen molar-refractivity contribution in [1.82, 2.24) is 19.6 Å². The summed E-state index contributed by atoms with van der Waals surface area (Å²) in [6, 6.07) is 0. The van der Waals surface area contributed by atoms with Gasteiger partial charge in [-0.15, -0.1) is 0 Å². The summed E-state index contributed by atoms with van der Waals surface area (Å²) in [6.45, 7) is 7.29. The molecule has 1 aliphatic heterocycles. The SMILES string of the molecule is CCN(C)Cc1c(Cl)c(C(=O)N2CCS(=O)CC2)nn1CC. The Kier molecular flexibility index (Phi) is 6.00. The number of nitrogens with zero attached hydrogens (tertiary/aromatic N) is 4. The molecular weight excluding hydrogens is 324 g/mol. The van der Waals surface area contributed by atoms with Crippen molar-refractivity contribution < 1.29 is 9.00 Å². The summed E-state index contributed by atoms with van der Waals surface area (Å²) in [5, 5.41) is 4.84. The van der Waals surface area contributed by atoms with E-state index in [1.807, 2.05) is 14.0 Å². The quantitative estimate of drug-likeness (QED) is 0.804. The third-order valence-corrected chi connectivity index (χ3v) is 5.59. The first-order valence-corrected chi connectivity index (χ1v) is 9.42. The summed E-state index contributed by atoms with van der Waals surface area (Å²) < 4.78 is 13.2. The van der Waals surface area contributed by atoms with Crippen LogP contribution in [0, 0.1) is 0 Å². The molecule has 2 rings (SSSR count). The maximum absolute atomic E-state index is 12.6. The van der Waals surface area contributed by atoms with Gasteiger partial charge in [0.2, 0.25) is 0 Å². The van der Waals surface area contributed by atoms with Crippen LogP contribution in [0.2, 0.25) is 5.02 Å². The molecule has 1 fully saturated rings. The Morgan fingerprint density at radius 1 is 1.36 bits per heavy atom. The van der Waals surface area contributed by atoms with Crippen LogP contribution in [-0.4, -0.2) is 67.9 Å². The smallest absolute Gasteiger partial charge is 0.275 e. The van der Waals surface area contributed by atoms with Crippen molar-refractivity contribution >= 4 is 28.3 Å². The van der Waals surface area contributed by atoms with Gasteiger partial charge >= 0.3 is 0 Å². The Morgan fingerprint density at radius 3 is 2.55 bits per heavy atom. The summed E-state index contributed by atoms with van der Waals surface area (Å²) in [7, 11) is 1.20. The second kappa shape index (κ2) is 7.57. The number of aryl methyl sites for hydroxylation is 1. The van der Waals surface area contributed by atoms with Crippen molar-refractivity contribution in [2.75, 3.05) is 38.2 Å². The zero-order valence-corrected chi connectivity index (χ0v) is 14.9. The molecule has 8 heteroatoms. The molecule has 1 amide bonds. The van der Waals surface area contributed by atoms with Crippen LogP contribution in [0.4, 0.5) is 0 Å². The highest BCUT2D eigenvalue weighted by atomic mass is 35.5. The van der Waals surface area contributed by atoms with Gasteiger partial charge in [0.15, 0.2) is 5.69 Å². The van der Waals surface area contributed by atoms with E-state index in [0.717, 1.165) is 12.2 Å². The van der Waals surface area contributed by atoms with Crippen molar-refractivity contribution in [3.63, 3.8) is 0 Å². The molecule has 0 aliphatic carbocycles. The fourth-order valence-corrected chi connectivity index (χ4v) is 3.71. The number of carbonyl (C=O) groups is 1. The van der Waals surface area contributed by atoms with Crippen molar-refractivity contribution in [2.24, 2.45) is 0 Å². The second-order valence-corrected chi connectivity index (χ2v) is 7.47. The van der Waals surface area contributed by atoms with E-state index in [0.29, 0.717) is 48.4 Å². The average Bonchev–Trinajstić information content (AvgIpc) is 2.83. The predicted octanol–water partition coefficient (Wildman–Crippen LogP) is 1.21. The van der Waals surface area contributed by atoms with Crippen LogP contribution in [0.5, 0.6) is 0 Å². The molecule has 22 heavy (non-hydrogen) atoms. The van der Waals surface area contributed by atoms with Crippen molar-refractivity contribution in [3.05, 3.63) is 16.4 Å². The number of hydrogen-bond acceptors (Lipinski definition) is 4. The Balaban J connectivity index is 2.23. The molecule has 1 aromatic heterocycles. The fraction of sp³-hybridized carbons (Fsp3) is 0.714. The average molecular weight is 347 g/mol. The molecule has 0 spiro atoms. The van der Waals surface area contributed by atoms with Gasteiger partial charge in [-0.05, 0) is 20.5 Å². The van der Waals surface area contributed by atoms with Crippen molar-refractivity contribution in [2.45, 2.75) is 26.9 Å². The fourth-order valence-electron chi connectivity index (χ4n) is 2.38. The second-order valence-electron chi connectivity index (χ2n) is 5.40. The van der Waals surface area contributed by atoms with E-state index >= 15 is 0 Å². The Bertz CT molecular complexity index is 565. The van der Waals surface area contributed by atoms with Gasteiger partial charge in [-0.3, -0.25) is 13.7 Å². The monoisotopic (exact) mass is 346 g/mol. The van der Waals surface area contributed by atoms with Gasteiger partial charge in [0.1, 0.15) is 0 Å². The van der Waals surface area contributed by atoms with Crippen LogP contribution in [0.25, 0.3) is 0 Å². The molecule has 1 aromatic rings. The van der Waals surface area contributed by atoms with E-state index < -0.39 is 10.8 Å². The molecule has 1 aliphatic rings. The predicted molar refractivity (Wildman–Crippen MR) is 88.7 cm³/mol. The molecule has 1 saturated heterocycles. The molecular formula is C14H23ClN4O2S. The van der Waals surface area contributed by atoms with Gasteiger partial charge in [0, 0.05) is 48.5 Å². The molecule has 0 atom stereocenters. The van der Waals surface area contributed by atoms with Gasteiger partial charge in [-0.1, -0.05) is 18.5 Å². The Morgan fingerprint density at radius 2 is 2.00 bits per heavy atom. The van der Waals surface area contributed by atoms with E-state index in [1.54, 1.807) is 9.58 Å². The first-order chi connectivity index (χ1) is 10.5. The van der Waals surface area contributed by atoms with Crippen LogP contribution in [0.15, 0.2) is 0 Å². The lowest BCUT2D eigenvalue weighted by Gasteiger charge is -2.25. The molecule has 0 N–H and O–H groups in total. The lowest BCUT2D eigenvalue weighted by molar-refractivity contribution is 0.0764. The summed E-state index contributed by atoms with van der Waals surface area (Å²) in [6.07, 6.45) is 0. The first-order valence-electron chi connectivity index (χ1n) is 7.55. The van der Waals surface area contributed by atoms with Gasteiger partial charge in [-0.2, -0.15) is 5.10 Å². The van der Waals surface area contributed by atoms with E-state index in [1.165, 1.54) is 0 Å². The number of halogens is 1. The number of hydrogen-bond donors (Lipinski definition) is 0. The van der Waals surface area contributed by atoms with Crippen molar-refractivity contribution in [1.29, 1.82) is 0 Å². The number of carbonyl (C=O) groups excluding carboxylic acids is 1. The molecule has 0 bridgehead atoms. The summed E-state index contributed by atoms with van der Waals surface area (Å²) >= 11 is 6.43. The largest absolute Gasteiger partial charge is 0.335 e. The summed E-state index contributed by atoms with van der Waals surface area (Å²) in [5.41, 5.74) is 1.19. The molecule has 6 nitrogen and oxygen atoms in total. The van der Waals surface area contributed by atoms with Crippen molar-refractivity contribution in [3.8, 4) is 0 Å². The highest BCUT2D eigenvalue weighted by Crippen LogP contribution is 2.24. The topological polar surface area (TPSA) is 58.4 Å². The molecule has 124 valence electrons. The van der Waals surface area contributed by atoms with E-state index in [9.17, 15) is 9.00 Å². The summed E-state index contributed by atoms with van der Waals surface area (Å²) in [5.74, 6) is 0.904. The van der Waals surface area contributed by atoms with E-state index in [4.69, 9.17) is 11.6 Å². The van der Waals surface area contributed by atoms with E-state index in [-0.39, 0.29) is 5.91 Å². The van der Waals surface area contributed by atoms with E-state index in [2.05, 4.69) is 16.9 Å². The normalized spacial score (nSPS) is 16.5. The molecule has 0 aromatic carbocycles. The lowest BCUT2D eigenvalue weighted by Crippen LogP contribution is -2.42. The maximum atomic E-state index is 12.6.